The highest BCUT2D eigenvalue weighted by molar-refractivity contribution is 4.98. The third-order valence-electron chi connectivity index (χ3n) is 2.86. The van der Waals surface area contributed by atoms with Gasteiger partial charge in [0.15, 0.2) is 0 Å². The summed E-state index contributed by atoms with van der Waals surface area (Å²) in [5.41, 5.74) is 6.21. The largest absolute Gasteiger partial charge is 0.323 e. The molecule has 0 unspecified atom stereocenters. The van der Waals surface area contributed by atoms with Crippen molar-refractivity contribution in [1.82, 2.24) is 4.90 Å². The molecule has 0 atom stereocenters. The molecule has 0 radical (unpaired) electrons. The SMILES string of the molecule is CCCCCN1CC(N)(CC)C1. The number of rotatable bonds is 5. The molecule has 1 saturated heterocycles. The highest BCUT2D eigenvalue weighted by Gasteiger charge is 2.36. The van der Waals surface area contributed by atoms with Gasteiger partial charge < -0.3 is 5.73 Å². The molecule has 2 heteroatoms. The van der Waals surface area contributed by atoms with E-state index in [9.17, 15) is 0 Å². The summed E-state index contributed by atoms with van der Waals surface area (Å²) in [6.07, 6.45) is 5.14. The summed E-state index contributed by atoms with van der Waals surface area (Å²) in [4.78, 5) is 2.47. The number of nitrogens with zero attached hydrogens (tertiary/aromatic N) is 1. The van der Waals surface area contributed by atoms with Crippen LogP contribution < -0.4 is 5.73 Å². The summed E-state index contributed by atoms with van der Waals surface area (Å²) >= 11 is 0. The first-order valence-electron chi connectivity index (χ1n) is 5.21. The van der Waals surface area contributed by atoms with Crippen molar-refractivity contribution in [2.75, 3.05) is 19.6 Å². The molecule has 0 bridgehead atoms. The van der Waals surface area contributed by atoms with E-state index in [0.717, 1.165) is 19.5 Å². The van der Waals surface area contributed by atoms with Crippen LogP contribution in [0.1, 0.15) is 39.5 Å². The zero-order valence-corrected chi connectivity index (χ0v) is 8.47. The fraction of sp³-hybridized carbons (Fsp3) is 1.00. The van der Waals surface area contributed by atoms with Gasteiger partial charge in [-0.05, 0) is 19.4 Å². The Balaban J connectivity index is 2.02. The van der Waals surface area contributed by atoms with Gasteiger partial charge in [-0.2, -0.15) is 0 Å². The summed E-state index contributed by atoms with van der Waals surface area (Å²) < 4.78 is 0. The molecule has 0 spiro atoms. The van der Waals surface area contributed by atoms with Crippen LogP contribution in [0.5, 0.6) is 0 Å². The van der Waals surface area contributed by atoms with Gasteiger partial charge in [0.05, 0.1) is 0 Å². The van der Waals surface area contributed by atoms with Crippen LogP contribution in [0.3, 0.4) is 0 Å². The van der Waals surface area contributed by atoms with Gasteiger partial charge in [0, 0.05) is 18.6 Å². The molecule has 0 aromatic carbocycles. The Morgan fingerprint density at radius 3 is 2.42 bits per heavy atom. The molecule has 72 valence electrons. The molecule has 2 N–H and O–H groups in total. The minimum Gasteiger partial charge on any atom is -0.323 e. The molecule has 0 aromatic heterocycles. The topological polar surface area (TPSA) is 29.3 Å². The molecule has 0 amide bonds. The van der Waals surface area contributed by atoms with E-state index in [-0.39, 0.29) is 5.54 Å². The van der Waals surface area contributed by atoms with E-state index in [1.807, 2.05) is 0 Å². The van der Waals surface area contributed by atoms with E-state index in [1.165, 1.54) is 25.8 Å². The standard InChI is InChI=1S/C10H22N2/c1-3-5-6-7-12-8-10(11,4-2)9-12/h3-9,11H2,1-2H3. The van der Waals surface area contributed by atoms with Crippen LogP contribution in [0.4, 0.5) is 0 Å². The molecule has 1 fully saturated rings. The third-order valence-corrected chi connectivity index (χ3v) is 2.86. The number of hydrogen-bond donors (Lipinski definition) is 1. The summed E-state index contributed by atoms with van der Waals surface area (Å²) in [7, 11) is 0. The van der Waals surface area contributed by atoms with E-state index in [4.69, 9.17) is 5.73 Å². The van der Waals surface area contributed by atoms with Crippen molar-refractivity contribution < 1.29 is 0 Å². The Bertz CT molecular complexity index is 128. The van der Waals surface area contributed by atoms with Crippen molar-refractivity contribution >= 4 is 0 Å². The lowest BCUT2D eigenvalue weighted by atomic mass is 9.88. The number of unbranched alkanes of at least 4 members (excludes halogenated alkanes) is 2. The van der Waals surface area contributed by atoms with Crippen LogP contribution in [0.25, 0.3) is 0 Å². The second-order valence-corrected chi connectivity index (χ2v) is 4.13. The molecule has 0 saturated carbocycles. The lowest BCUT2D eigenvalue weighted by Crippen LogP contribution is -2.66. The van der Waals surface area contributed by atoms with Crippen molar-refractivity contribution in [3.63, 3.8) is 0 Å². The lowest BCUT2D eigenvalue weighted by Gasteiger charge is -2.47. The van der Waals surface area contributed by atoms with E-state index >= 15 is 0 Å². The Hall–Kier alpha value is -0.0800. The van der Waals surface area contributed by atoms with Crippen molar-refractivity contribution in [2.24, 2.45) is 5.73 Å². The number of likely N-dealkylation sites (tertiary alicyclic amines) is 1. The predicted octanol–water partition coefficient (Wildman–Crippen LogP) is 1.60. The molecule has 1 rings (SSSR count). The normalized spacial score (nSPS) is 22.2. The summed E-state index contributed by atoms with van der Waals surface area (Å²) in [5, 5.41) is 0. The van der Waals surface area contributed by atoms with Crippen molar-refractivity contribution in [2.45, 2.75) is 45.1 Å². The average molecular weight is 170 g/mol. The zero-order chi connectivity index (χ0) is 9.03. The van der Waals surface area contributed by atoms with E-state index in [0.29, 0.717) is 0 Å². The second kappa shape index (κ2) is 4.24. The minimum atomic E-state index is 0.159. The summed E-state index contributed by atoms with van der Waals surface area (Å²) in [5.74, 6) is 0. The van der Waals surface area contributed by atoms with Crippen molar-refractivity contribution in [3.05, 3.63) is 0 Å². The van der Waals surface area contributed by atoms with Gasteiger partial charge in [0.1, 0.15) is 0 Å². The quantitative estimate of drug-likeness (QED) is 0.635. The van der Waals surface area contributed by atoms with Crippen LogP contribution in [-0.4, -0.2) is 30.1 Å². The van der Waals surface area contributed by atoms with Gasteiger partial charge in [-0.1, -0.05) is 26.7 Å². The first-order valence-corrected chi connectivity index (χ1v) is 5.21. The van der Waals surface area contributed by atoms with Crippen LogP contribution in [0.15, 0.2) is 0 Å². The molecule has 0 aliphatic carbocycles. The average Bonchev–Trinajstić information content (AvgIpc) is 2.01. The smallest absolute Gasteiger partial charge is 0.0409 e. The highest BCUT2D eigenvalue weighted by Crippen LogP contribution is 2.21. The van der Waals surface area contributed by atoms with Gasteiger partial charge >= 0.3 is 0 Å². The van der Waals surface area contributed by atoms with Gasteiger partial charge in [-0.25, -0.2) is 0 Å². The summed E-state index contributed by atoms with van der Waals surface area (Å²) in [6.45, 7) is 7.92. The third kappa shape index (κ3) is 2.46. The maximum atomic E-state index is 6.06. The fourth-order valence-electron chi connectivity index (χ4n) is 1.81. The first-order chi connectivity index (χ1) is 5.70. The number of hydrogen-bond acceptors (Lipinski definition) is 2. The van der Waals surface area contributed by atoms with Gasteiger partial charge in [-0.3, -0.25) is 4.90 Å². The minimum absolute atomic E-state index is 0.159. The van der Waals surface area contributed by atoms with Crippen LogP contribution in [-0.2, 0) is 0 Å². The Labute approximate surface area is 76.1 Å². The zero-order valence-electron chi connectivity index (χ0n) is 8.47. The number of nitrogens with two attached hydrogens (primary N) is 1. The molecule has 1 aliphatic rings. The Morgan fingerprint density at radius 1 is 1.25 bits per heavy atom. The predicted molar refractivity (Wildman–Crippen MR) is 53.2 cm³/mol. The maximum absolute atomic E-state index is 6.06. The molecule has 0 aromatic rings. The Morgan fingerprint density at radius 2 is 1.92 bits per heavy atom. The van der Waals surface area contributed by atoms with E-state index in [2.05, 4.69) is 18.7 Å². The lowest BCUT2D eigenvalue weighted by molar-refractivity contribution is 0.0665. The maximum Gasteiger partial charge on any atom is 0.0409 e. The monoisotopic (exact) mass is 170 g/mol. The van der Waals surface area contributed by atoms with Gasteiger partial charge in [-0.15, -0.1) is 0 Å². The van der Waals surface area contributed by atoms with Crippen LogP contribution in [0.2, 0.25) is 0 Å². The van der Waals surface area contributed by atoms with Crippen molar-refractivity contribution in [3.8, 4) is 0 Å². The summed E-state index contributed by atoms with van der Waals surface area (Å²) in [6, 6.07) is 0. The molecular formula is C10H22N2. The molecular weight excluding hydrogens is 148 g/mol. The highest BCUT2D eigenvalue weighted by atomic mass is 15.2. The van der Waals surface area contributed by atoms with Gasteiger partial charge in [0.25, 0.3) is 0 Å². The second-order valence-electron chi connectivity index (χ2n) is 4.13. The van der Waals surface area contributed by atoms with E-state index < -0.39 is 0 Å². The van der Waals surface area contributed by atoms with Crippen LogP contribution in [0, 0.1) is 0 Å². The molecule has 1 aliphatic heterocycles. The molecule has 1 heterocycles. The van der Waals surface area contributed by atoms with E-state index in [1.54, 1.807) is 0 Å². The first kappa shape index (κ1) is 10.0. The molecule has 12 heavy (non-hydrogen) atoms. The van der Waals surface area contributed by atoms with Crippen molar-refractivity contribution in [1.29, 1.82) is 0 Å². The van der Waals surface area contributed by atoms with Gasteiger partial charge in [0.2, 0.25) is 0 Å². The van der Waals surface area contributed by atoms with Crippen LogP contribution >= 0.6 is 0 Å². The Kier molecular flexibility index (Phi) is 3.53. The fourth-order valence-corrected chi connectivity index (χ4v) is 1.81. The molecule has 2 nitrogen and oxygen atoms in total.